The van der Waals surface area contributed by atoms with Crippen molar-refractivity contribution in [2.75, 3.05) is 88.3 Å². The summed E-state index contributed by atoms with van der Waals surface area (Å²) in [6.45, 7) is 11.7. The molecule has 3 aromatic rings. The molecule has 0 N–H and O–H groups in total. The monoisotopic (exact) mass is 876 g/mol. The molecule has 0 saturated carbocycles. The largest absolute Gasteiger partial charge is 0.367 e. The highest BCUT2D eigenvalue weighted by Crippen LogP contribution is 2.29. The fourth-order valence-electron chi connectivity index (χ4n) is 8.34. The molecule has 12 heteroatoms. The number of piperazine rings is 2. The molecule has 4 fully saturated rings. The number of carbonyl (C=O) groups excluding carboxylic acids is 2. The average molecular weight is 880 g/mol. The summed E-state index contributed by atoms with van der Waals surface area (Å²) in [6.07, 6.45) is 4.05. The second-order valence-corrected chi connectivity index (χ2v) is 15.3. The van der Waals surface area contributed by atoms with Crippen LogP contribution in [0.1, 0.15) is 36.8 Å². The maximum absolute atomic E-state index is 13.5. The van der Waals surface area contributed by atoms with E-state index in [1.165, 1.54) is 11.1 Å². The third kappa shape index (κ3) is 10.0. The lowest BCUT2D eigenvalue weighted by atomic mass is 9.95. The molecule has 2 unspecified atom stereocenters. The van der Waals surface area contributed by atoms with Crippen molar-refractivity contribution in [1.29, 1.82) is 0 Å². The zero-order valence-electron chi connectivity index (χ0n) is 29.9. The zero-order valence-corrected chi connectivity index (χ0v) is 34.8. The van der Waals surface area contributed by atoms with Gasteiger partial charge in [-0.3, -0.25) is 19.4 Å². The lowest BCUT2D eigenvalue weighted by Crippen LogP contribution is -2.52. The van der Waals surface area contributed by atoms with Gasteiger partial charge in [0.05, 0.1) is 33.3 Å². The Balaban J connectivity index is 0.00000261. The third-order valence-electron chi connectivity index (χ3n) is 11.1. The number of hydrogen-bond donors (Lipinski definition) is 0. The van der Waals surface area contributed by atoms with Gasteiger partial charge in [-0.05, 0) is 74.2 Å². The van der Waals surface area contributed by atoms with Crippen LogP contribution in [0.5, 0.6) is 0 Å². The van der Waals surface area contributed by atoms with E-state index in [1.54, 1.807) is 0 Å². The van der Waals surface area contributed by atoms with Gasteiger partial charge in [0.2, 0.25) is 11.8 Å². The number of nitrogens with zero attached hydrogens (tertiary/aromatic N) is 6. The van der Waals surface area contributed by atoms with Gasteiger partial charge in [-0.15, -0.1) is 34.0 Å². The van der Waals surface area contributed by atoms with Crippen LogP contribution in [-0.4, -0.2) is 110 Å². The third-order valence-corrected chi connectivity index (χ3v) is 11.8. The predicted octanol–water partition coefficient (Wildman–Crippen LogP) is 7.27. The number of carbonyl (C=O) groups is 2. The summed E-state index contributed by atoms with van der Waals surface area (Å²) in [6, 6.07) is 24.9. The summed E-state index contributed by atoms with van der Waals surface area (Å²) in [7, 11) is 0. The van der Waals surface area contributed by atoms with Crippen LogP contribution < -0.4 is 9.80 Å². The normalized spacial score (nSPS) is 21.7. The first-order valence-corrected chi connectivity index (χ1v) is 19.3. The summed E-state index contributed by atoms with van der Waals surface area (Å²) in [5, 5.41) is 1.54. The molecule has 0 bridgehead atoms. The topological polar surface area (TPSA) is 53.6 Å². The van der Waals surface area contributed by atoms with Crippen LogP contribution in [0, 0.1) is 11.8 Å². The maximum Gasteiger partial charge on any atom is 0.227 e. The molecular formula is C40H52Br2Cl2N6O2. The van der Waals surface area contributed by atoms with Crippen molar-refractivity contribution in [1.82, 2.24) is 19.6 Å². The number of para-hydroxylation sites is 2. The second kappa shape index (κ2) is 19.3. The van der Waals surface area contributed by atoms with Crippen LogP contribution in [0.15, 0.2) is 72.8 Å². The molecule has 0 radical (unpaired) electrons. The predicted molar refractivity (Wildman–Crippen MR) is 224 cm³/mol. The quantitative estimate of drug-likeness (QED) is 0.238. The standard InChI is InChI=1S/C40H50Cl2N6O2.2BrH/c41-35-9-1-3-11-37(35)45-19-23-47(24-20-45)39(49)33-7-5-17-43(29-33)27-31-13-15-32(16-14-31)28-44-18-6-8-34(30-44)40(50)48-25-21-46(22-26-48)38-12-4-2-10-36(38)42;;/h1-4,9-16,33-34H,5-8,17-30H2;2*1H. The minimum absolute atomic E-state index is 0. The highest BCUT2D eigenvalue weighted by Gasteiger charge is 2.33. The van der Waals surface area contributed by atoms with Crippen LogP contribution >= 0.6 is 57.2 Å². The minimum atomic E-state index is 0. The van der Waals surface area contributed by atoms with E-state index in [-0.39, 0.29) is 45.8 Å². The molecule has 8 nitrogen and oxygen atoms in total. The van der Waals surface area contributed by atoms with Gasteiger partial charge >= 0.3 is 0 Å². The SMILES string of the molecule is Br.Br.O=C(C1CCCN(Cc2ccc(CN3CCCC(C(=O)N4CCN(c5ccccc5Cl)CC4)C3)cc2)C1)N1CCN(c2ccccc2Cl)CC1. The number of anilines is 2. The number of likely N-dealkylation sites (tertiary alicyclic amines) is 2. The van der Waals surface area contributed by atoms with Crippen molar-refractivity contribution in [2.24, 2.45) is 11.8 Å². The van der Waals surface area contributed by atoms with Crippen molar-refractivity contribution in [3.05, 3.63) is 94.0 Å². The molecule has 282 valence electrons. The van der Waals surface area contributed by atoms with E-state index < -0.39 is 0 Å². The van der Waals surface area contributed by atoms with Gasteiger partial charge in [-0.25, -0.2) is 0 Å². The maximum atomic E-state index is 13.5. The van der Waals surface area contributed by atoms with Gasteiger partial charge in [0.25, 0.3) is 0 Å². The number of hydrogen-bond acceptors (Lipinski definition) is 6. The van der Waals surface area contributed by atoms with Crippen LogP contribution in [0.2, 0.25) is 10.0 Å². The first-order chi connectivity index (χ1) is 24.4. The fourth-order valence-corrected chi connectivity index (χ4v) is 8.85. The van der Waals surface area contributed by atoms with E-state index in [0.717, 1.165) is 139 Å². The molecule has 3 aromatic carbocycles. The Bertz CT molecular complexity index is 1500. The molecule has 2 atom stereocenters. The van der Waals surface area contributed by atoms with Gasteiger partial charge in [0.1, 0.15) is 0 Å². The Morgan fingerprint density at radius 3 is 1.25 bits per heavy atom. The lowest BCUT2D eigenvalue weighted by molar-refractivity contribution is -0.138. The summed E-state index contributed by atoms with van der Waals surface area (Å²) in [4.78, 5) is 40.7. The number of rotatable bonds is 8. The number of halogens is 4. The molecular weight excluding hydrogens is 827 g/mol. The Labute approximate surface area is 340 Å². The van der Waals surface area contributed by atoms with Gasteiger partial charge in [0, 0.05) is 78.5 Å². The van der Waals surface area contributed by atoms with E-state index in [4.69, 9.17) is 23.2 Å². The van der Waals surface area contributed by atoms with Crippen LogP contribution in [0.25, 0.3) is 0 Å². The van der Waals surface area contributed by atoms with Crippen molar-refractivity contribution >= 4 is 80.4 Å². The van der Waals surface area contributed by atoms with Crippen LogP contribution in [-0.2, 0) is 22.7 Å². The van der Waals surface area contributed by atoms with E-state index in [0.29, 0.717) is 11.8 Å². The molecule has 0 aliphatic carbocycles. The Hall–Kier alpha value is -2.34. The fraction of sp³-hybridized carbons (Fsp3) is 0.500. The first-order valence-electron chi connectivity index (χ1n) is 18.5. The van der Waals surface area contributed by atoms with Crippen molar-refractivity contribution in [3.8, 4) is 0 Å². The molecule has 52 heavy (non-hydrogen) atoms. The summed E-state index contributed by atoms with van der Waals surface area (Å²) < 4.78 is 0. The van der Waals surface area contributed by atoms with Crippen molar-refractivity contribution in [2.45, 2.75) is 38.8 Å². The average Bonchev–Trinajstić information content (AvgIpc) is 3.16. The summed E-state index contributed by atoms with van der Waals surface area (Å²) in [5.74, 6) is 0.745. The molecule has 0 spiro atoms. The Morgan fingerprint density at radius 1 is 0.519 bits per heavy atom. The highest BCUT2D eigenvalue weighted by molar-refractivity contribution is 8.93. The molecule has 0 aromatic heterocycles. The molecule has 4 aliphatic rings. The van der Waals surface area contributed by atoms with Gasteiger partial charge in [0.15, 0.2) is 0 Å². The van der Waals surface area contributed by atoms with Crippen molar-refractivity contribution < 1.29 is 9.59 Å². The van der Waals surface area contributed by atoms with Crippen molar-refractivity contribution in [3.63, 3.8) is 0 Å². The summed E-state index contributed by atoms with van der Waals surface area (Å²) in [5.41, 5.74) is 4.69. The summed E-state index contributed by atoms with van der Waals surface area (Å²) >= 11 is 12.9. The second-order valence-electron chi connectivity index (χ2n) is 14.5. The number of amides is 2. The van der Waals surface area contributed by atoms with Gasteiger partial charge < -0.3 is 19.6 Å². The minimum Gasteiger partial charge on any atom is -0.367 e. The van der Waals surface area contributed by atoms with Crippen LogP contribution in [0.4, 0.5) is 11.4 Å². The molecule has 4 aliphatic heterocycles. The van der Waals surface area contributed by atoms with Gasteiger partial charge in [-0.2, -0.15) is 0 Å². The van der Waals surface area contributed by atoms with E-state index in [2.05, 4.69) is 65.8 Å². The zero-order chi connectivity index (χ0) is 34.5. The number of benzene rings is 3. The Morgan fingerprint density at radius 2 is 0.885 bits per heavy atom. The molecule has 4 heterocycles. The molecule has 7 rings (SSSR count). The first kappa shape index (κ1) is 40.8. The smallest absolute Gasteiger partial charge is 0.227 e. The van der Waals surface area contributed by atoms with Gasteiger partial charge in [-0.1, -0.05) is 71.7 Å². The number of piperidine rings is 2. The van der Waals surface area contributed by atoms with Crippen LogP contribution in [0.3, 0.4) is 0 Å². The highest BCUT2D eigenvalue weighted by atomic mass is 79.9. The molecule has 4 saturated heterocycles. The molecule has 2 amide bonds. The van der Waals surface area contributed by atoms with E-state index in [1.807, 2.05) is 36.4 Å². The van der Waals surface area contributed by atoms with E-state index >= 15 is 0 Å². The lowest BCUT2D eigenvalue weighted by Gasteiger charge is -2.40. The Kier molecular flexibility index (Phi) is 15.2. The van der Waals surface area contributed by atoms with E-state index in [9.17, 15) is 9.59 Å².